The molecule has 0 aromatic carbocycles. The second-order valence-electron chi connectivity index (χ2n) is 5.68. The number of amides is 1. The molecule has 21 heavy (non-hydrogen) atoms. The van der Waals surface area contributed by atoms with Gasteiger partial charge in [0.05, 0.1) is 12.2 Å². The second-order valence-corrected chi connectivity index (χ2v) is 6.60. The van der Waals surface area contributed by atoms with E-state index < -0.39 is 0 Å². The molecule has 2 atom stereocenters. The van der Waals surface area contributed by atoms with Crippen molar-refractivity contribution >= 4 is 27.5 Å². The predicted octanol–water partition coefficient (Wildman–Crippen LogP) is 2.23. The van der Waals surface area contributed by atoms with Gasteiger partial charge in [-0.2, -0.15) is 0 Å². The number of carbonyl (C=O) groups excluding carboxylic acids is 1. The molecule has 1 aliphatic rings. The smallest absolute Gasteiger partial charge is 0.220 e. The summed E-state index contributed by atoms with van der Waals surface area (Å²) in [5.41, 5.74) is 7.73. The van der Waals surface area contributed by atoms with E-state index in [4.69, 9.17) is 5.73 Å². The van der Waals surface area contributed by atoms with Gasteiger partial charge in [-0.05, 0) is 46.8 Å². The Morgan fingerprint density at radius 3 is 3.05 bits per heavy atom. The summed E-state index contributed by atoms with van der Waals surface area (Å²) in [5, 5.41) is 2.94. The van der Waals surface area contributed by atoms with Gasteiger partial charge in [0.2, 0.25) is 5.91 Å². The first-order valence-corrected chi connectivity index (χ1v) is 8.06. The van der Waals surface area contributed by atoms with Gasteiger partial charge in [0.25, 0.3) is 0 Å². The molecule has 3 rings (SSSR count). The lowest BCUT2D eigenvalue weighted by molar-refractivity contribution is -0.122. The van der Waals surface area contributed by atoms with Gasteiger partial charge in [0.1, 0.15) is 5.65 Å². The van der Waals surface area contributed by atoms with Crippen LogP contribution in [-0.2, 0) is 11.3 Å². The Bertz CT molecular complexity index is 654. The molecule has 2 aromatic rings. The van der Waals surface area contributed by atoms with Gasteiger partial charge in [-0.25, -0.2) is 4.98 Å². The average Bonchev–Trinajstić information content (AvgIpc) is 3.02. The van der Waals surface area contributed by atoms with Crippen molar-refractivity contribution in [1.29, 1.82) is 0 Å². The van der Waals surface area contributed by atoms with E-state index in [0.29, 0.717) is 18.9 Å². The minimum Gasteiger partial charge on any atom is -0.350 e. The van der Waals surface area contributed by atoms with Crippen LogP contribution in [-0.4, -0.2) is 21.3 Å². The lowest BCUT2D eigenvalue weighted by atomic mass is 10.00. The third-order valence-electron chi connectivity index (χ3n) is 4.10. The number of hydrogen-bond acceptors (Lipinski definition) is 3. The van der Waals surface area contributed by atoms with Crippen LogP contribution in [0.2, 0.25) is 0 Å². The molecule has 0 bridgehead atoms. The maximum Gasteiger partial charge on any atom is 0.220 e. The highest BCUT2D eigenvalue weighted by Crippen LogP contribution is 2.26. The zero-order valence-corrected chi connectivity index (χ0v) is 13.3. The van der Waals surface area contributed by atoms with Crippen LogP contribution >= 0.6 is 15.9 Å². The Morgan fingerprint density at radius 1 is 1.43 bits per heavy atom. The fraction of sp³-hybridized carbons (Fsp3) is 0.467. The maximum absolute atomic E-state index is 12.0. The summed E-state index contributed by atoms with van der Waals surface area (Å²) < 4.78 is 2.94. The zero-order chi connectivity index (χ0) is 14.8. The van der Waals surface area contributed by atoms with E-state index in [1.165, 1.54) is 0 Å². The number of nitrogens with one attached hydrogen (secondary N) is 1. The highest BCUT2D eigenvalue weighted by atomic mass is 79.9. The number of carbonyl (C=O) groups is 1. The molecule has 6 heteroatoms. The largest absolute Gasteiger partial charge is 0.350 e. The number of nitrogens with two attached hydrogens (primary N) is 1. The quantitative estimate of drug-likeness (QED) is 0.887. The molecule has 0 radical (unpaired) electrons. The first kappa shape index (κ1) is 14.5. The van der Waals surface area contributed by atoms with E-state index in [-0.39, 0.29) is 11.9 Å². The number of halogens is 1. The Hall–Kier alpha value is -1.40. The second kappa shape index (κ2) is 6.15. The van der Waals surface area contributed by atoms with Crippen LogP contribution in [0.5, 0.6) is 0 Å². The van der Waals surface area contributed by atoms with E-state index >= 15 is 0 Å². The predicted molar refractivity (Wildman–Crippen MR) is 84.7 cm³/mol. The van der Waals surface area contributed by atoms with Crippen LogP contribution in [0.3, 0.4) is 0 Å². The third-order valence-corrected chi connectivity index (χ3v) is 4.57. The molecule has 0 unspecified atom stereocenters. The summed E-state index contributed by atoms with van der Waals surface area (Å²) in [6.45, 7) is 0.458. The van der Waals surface area contributed by atoms with Gasteiger partial charge in [0, 0.05) is 29.3 Å². The van der Waals surface area contributed by atoms with E-state index in [1.54, 1.807) is 0 Å². The minimum absolute atomic E-state index is 0.0654. The Kier molecular flexibility index (Phi) is 4.26. The highest BCUT2D eigenvalue weighted by molar-refractivity contribution is 9.10. The Labute approximate surface area is 132 Å². The molecule has 2 heterocycles. The summed E-state index contributed by atoms with van der Waals surface area (Å²) in [4.78, 5) is 16.5. The molecule has 3 N–H and O–H groups in total. The summed E-state index contributed by atoms with van der Waals surface area (Å²) in [6.07, 6.45) is 7.66. The van der Waals surface area contributed by atoms with Crippen LogP contribution < -0.4 is 11.1 Å². The summed E-state index contributed by atoms with van der Waals surface area (Å²) in [7, 11) is 0. The molecule has 0 spiro atoms. The van der Waals surface area contributed by atoms with Crippen molar-refractivity contribution < 1.29 is 4.79 Å². The van der Waals surface area contributed by atoms with Crippen LogP contribution in [0.15, 0.2) is 29.0 Å². The Balaban J connectivity index is 1.57. The first-order chi connectivity index (χ1) is 10.1. The molecule has 1 saturated carbocycles. The van der Waals surface area contributed by atoms with Crippen LogP contribution in [0, 0.1) is 5.92 Å². The van der Waals surface area contributed by atoms with Gasteiger partial charge in [-0.3, -0.25) is 4.79 Å². The van der Waals surface area contributed by atoms with E-state index in [2.05, 4.69) is 26.2 Å². The molecule has 2 aromatic heterocycles. The van der Waals surface area contributed by atoms with Crippen molar-refractivity contribution in [3.8, 4) is 0 Å². The average molecular weight is 351 g/mol. The number of hydrogen-bond donors (Lipinski definition) is 2. The molecule has 0 saturated heterocycles. The fourth-order valence-corrected chi connectivity index (χ4v) is 3.27. The lowest BCUT2D eigenvalue weighted by Gasteiger charge is -2.14. The third kappa shape index (κ3) is 3.44. The molecule has 5 nitrogen and oxygen atoms in total. The lowest BCUT2D eigenvalue weighted by Crippen LogP contribution is -2.31. The molecular formula is C15H19BrN4O. The SMILES string of the molecule is N[C@@H]1CCC[C@H]1CC(=O)NCc1cn2cc(Br)ccc2n1. The van der Waals surface area contributed by atoms with E-state index in [0.717, 1.165) is 35.1 Å². The number of rotatable bonds is 4. The van der Waals surface area contributed by atoms with Gasteiger partial charge >= 0.3 is 0 Å². The molecule has 1 amide bonds. The number of aromatic nitrogens is 2. The van der Waals surface area contributed by atoms with Crippen molar-refractivity contribution in [1.82, 2.24) is 14.7 Å². The first-order valence-electron chi connectivity index (χ1n) is 7.27. The number of nitrogens with zero attached hydrogens (tertiary/aromatic N) is 2. The maximum atomic E-state index is 12.0. The standard InChI is InChI=1S/C15H19BrN4O/c16-11-4-5-14-19-12(9-20(14)8-11)7-18-15(21)6-10-2-1-3-13(10)17/h4-5,8-10,13H,1-3,6-7,17H2,(H,18,21)/t10-,13+/m0/s1. The highest BCUT2D eigenvalue weighted by Gasteiger charge is 2.25. The number of fused-ring (bicyclic) bond motifs is 1. The van der Waals surface area contributed by atoms with Crippen molar-refractivity contribution in [2.45, 2.75) is 38.3 Å². The van der Waals surface area contributed by atoms with Crippen molar-refractivity contribution in [3.05, 3.63) is 34.7 Å². The topological polar surface area (TPSA) is 72.4 Å². The van der Waals surface area contributed by atoms with Crippen LogP contribution in [0.25, 0.3) is 5.65 Å². The molecule has 1 aliphatic carbocycles. The van der Waals surface area contributed by atoms with Crippen LogP contribution in [0.1, 0.15) is 31.4 Å². The molecule has 0 aliphatic heterocycles. The fourth-order valence-electron chi connectivity index (χ4n) is 2.92. The zero-order valence-electron chi connectivity index (χ0n) is 11.8. The normalized spacial score (nSPS) is 21.8. The van der Waals surface area contributed by atoms with Gasteiger partial charge in [-0.15, -0.1) is 0 Å². The molecule has 1 fully saturated rings. The van der Waals surface area contributed by atoms with E-state index in [1.807, 2.05) is 28.9 Å². The van der Waals surface area contributed by atoms with Crippen molar-refractivity contribution in [2.75, 3.05) is 0 Å². The minimum atomic E-state index is 0.0654. The molecular weight excluding hydrogens is 332 g/mol. The number of pyridine rings is 1. The summed E-state index contributed by atoms with van der Waals surface area (Å²) in [6, 6.07) is 4.07. The van der Waals surface area contributed by atoms with Crippen LogP contribution in [0.4, 0.5) is 0 Å². The number of imidazole rings is 1. The Morgan fingerprint density at radius 2 is 2.29 bits per heavy atom. The van der Waals surface area contributed by atoms with Gasteiger partial charge in [0.15, 0.2) is 0 Å². The summed E-state index contributed by atoms with van der Waals surface area (Å²) >= 11 is 3.43. The van der Waals surface area contributed by atoms with Crippen molar-refractivity contribution in [2.24, 2.45) is 11.7 Å². The van der Waals surface area contributed by atoms with E-state index in [9.17, 15) is 4.79 Å². The molecule has 112 valence electrons. The monoisotopic (exact) mass is 350 g/mol. The van der Waals surface area contributed by atoms with Gasteiger partial charge in [-0.1, -0.05) is 6.42 Å². The van der Waals surface area contributed by atoms with Crippen molar-refractivity contribution in [3.63, 3.8) is 0 Å². The van der Waals surface area contributed by atoms with Gasteiger partial charge < -0.3 is 15.5 Å². The summed E-state index contributed by atoms with van der Waals surface area (Å²) in [5.74, 6) is 0.401.